The molecule has 0 aromatic heterocycles. The van der Waals surface area contributed by atoms with Crippen LogP contribution in [0.4, 0.5) is 4.79 Å². The lowest BCUT2D eigenvalue weighted by molar-refractivity contribution is -0.140. The molecule has 2 fully saturated rings. The average Bonchev–Trinajstić information content (AvgIpc) is 2.89. The minimum atomic E-state index is -0.529. The van der Waals surface area contributed by atoms with Crippen LogP contribution in [0, 0.1) is 0 Å². The Morgan fingerprint density at radius 2 is 2.00 bits per heavy atom. The number of Topliss-reactive ketones (excluding diaryl/α,β-unsaturated/α-hetero) is 1. The molecule has 3 rings (SSSR count). The standard InChI is InChI=1S/C18H23N3O4/c1-2-15(22)10-19-17(23)16-9-8-14-11-20(16)18(24)21(14)25-12-13-6-4-3-5-7-13/h3-7,14,16H,2,8-12H2,1H3,(H,19,23)/t14-,16+/m1/s1. The molecule has 2 saturated heterocycles. The highest BCUT2D eigenvalue weighted by Crippen LogP contribution is 2.30. The Labute approximate surface area is 146 Å². The summed E-state index contributed by atoms with van der Waals surface area (Å²) >= 11 is 0. The lowest BCUT2D eigenvalue weighted by atomic mass is 10.0. The Morgan fingerprint density at radius 3 is 2.72 bits per heavy atom. The maximum absolute atomic E-state index is 12.6. The molecular formula is C18H23N3O4. The van der Waals surface area contributed by atoms with Crippen molar-refractivity contribution in [2.45, 2.75) is 44.9 Å². The number of rotatable bonds is 7. The van der Waals surface area contributed by atoms with Crippen LogP contribution < -0.4 is 5.32 Å². The van der Waals surface area contributed by atoms with Gasteiger partial charge in [0.2, 0.25) is 5.91 Å². The van der Waals surface area contributed by atoms with Crippen molar-refractivity contribution in [2.75, 3.05) is 13.1 Å². The maximum Gasteiger partial charge on any atom is 0.345 e. The Morgan fingerprint density at radius 1 is 1.24 bits per heavy atom. The van der Waals surface area contributed by atoms with Gasteiger partial charge in [-0.1, -0.05) is 37.3 Å². The molecule has 7 nitrogen and oxygen atoms in total. The lowest BCUT2D eigenvalue weighted by Gasteiger charge is -2.29. The van der Waals surface area contributed by atoms with Gasteiger partial charge >= 0.3 is 6.03 Å². The van der Waals surface area contributed by atoms with Crippen molar-refractivity contribution in [3.05, 3.63) is 35.9 Å². The fourth-order valence-electron chi connectivity index (χ4n) is 3.22. The third-order valence-corrected chi connectivity index (χ3v) is 4.69. The summed E-state index contributed by atoms with van der Waals surface area (Å²) in [5, 5.41) is 4.04. The summed E-state index contributed by atoms with van der Waals surface area (Å²) < 4.78 is 0. The molecule has 0 saturated carbocycles. The minimum absolute atomic E-state index is 0.0194. The number of hydroxylamine groups is 2. The largest absolute Gasteiger partial charge is 0.347 e. The summed E-state index contributed by atoms with van der Waals surface area (Å²) in [6.45, 7) is 2.57. The van der Waals surface area contributed by atoms with E-state index in [4.69, 9.17) is 4.84 Å². The molecule has 25 heavy (non-hydrogen) atoms. The Balaban J connectivity index is 1.58. The van der Waals surface area contributed by atoms with Crippen LogP contribution in [0.1, 0.15) is 31.7 Å². The van der Waals surface area contributed by atoms with Gasteiger partial charge < -0.3 is 10.2 Å². The zero-order chi connectivity index (χ0) is 17.8. The predicted molar refractivity (Wildman–Crippen MR) is 90.3 cm³/mol. The molecule has 1 N–H and O–H groups in total. The van der Waals surface area contributed by atoms with Crippen LogP contribution in [-0.4, -0.2) is 52.9 Å². The van der Waals surface area contributed by atoms with Crippen molar-refractivity contribution < 1.29 is 19.2 Å². The van der Waals surface area contributed by atoms with Gasteiger partial charge in [0.15, 0.2) is 5.78 Å². The highest BCUT2D eigenvalue weighted by atomic mass is 16.7. The SMILES string of the molecule is CCC(=O)CNC(=O)[C@@H]1CC[C@@H]2CN1C(=O)N2OCc1ccccc1. The van der Waals surface area contributed by atoms with Gasteiger partial charge in [-0.2, -0.15) is 5.06 Å². The van der Waals surface area contributed by atoms with Gasteiger partial charge in [0.1, 0.15) is 12.6 Å². The number of urea groups is 1. The number of ketones is 1. The highest BCUT2D eigenvalue weighted by molar-refractivity contribution is 5.91. The minimum Gasteiger partial charge on any atom is -0.347 e. The lowest BCUT2D eigenvalue weighted by Crippen LogP contribution is -2.50. The molecule has 0 spiro atoms. The molecule has 0 radical (unpaired) electrons. The number of hydrogen-bond donors (Lipinski definition) is 1. The maximum atomic E-state index is 12.6. The van der Waals surface area contributed by atoms with Crippen LogP contribution in [0.5, 0.6) is 0 Å². The number of carbonyl (C=O) groups is 3. The fourth-order valence-corrected chi connectivity index (χ4v) is 3.22. The predicted octanol–water partition coefficient (Wildman–Crippen LogP) is 1.48. The molecule has 2 aliphatic heterocycles. The number of carbonyl (C=O) groups excluding carboxylic acids is 3. The number of amides is 3. The van der Waals surface area contributed by atoms with Gasteiger partial charge in [0.25, 0.3) is 0 Å². The highest BCUT2D eigenvalue weighted by Gasteiger charge is 2.47. The number of nitrogens with zero attached hydrogens (tertiary/aromatic N) is 2. The van der Waals surface area contributed by atoms with Gasteiger partial charge in [0.05, 0.1) is 12.6 Å². The quantitative estimate of drug-likeness (QED) is 0.812. The smallest absolute Gasteiger partial charge is 0.345 e. The summed E-state index contributed by atoms with van der Waals surface area (Å²) in [5.41, 5.74) is 0.985. The van der Waals surface area contributed by atoms with Gasteiger partial charge in [-0.3, -0.25) is 14.4 Å². The van der Waals surface area contributed by atoms with E-state index in [2.05, 4.69) is 5.32 Å². The molecule has 2 aliphatic rings. The first kappa shape index (κ1) is 17.4. The Hall–Kier alpha value is -2.41. The normalized spacial score (nSPS) is 22.2. The van der Waals surface area contributed by atoms with E-state index in [9.17, 15) is 14.4 Å². The van der Waals surface area contributed by atoms with Crippen molar-refractivity contribution in [1.82, 2.24) is 15.3 Å². The van der Waals surface area contributed by atoms with E-state index in [-0.39, 0.29) is 30.3 Å². The third kappa shape index (κ3) is 3.82. The van der Waals surface area contributed by atoms with Crippen molar-refractivity contribution >= 4 is 17.7 Å². The van der Waals surface area contributed by atoms with Crippen LogP contribution in [0.3, 0.4) is 0 Å². The second-order valence-electron chi connectivity index (χ2n) is 6.38. The molecule has 134 valence electrons. The first-order valence-electron chi connectivity index (χ1n) is 8.66. The van der Waals surface area contributed by atoms with E-state index in [0.717, 1.165) is 5.56 Å². The molecule has 0 aliphatic carbocycles. The zero-order valence-electron chi connectivity index (χ0n) is 14.3. The van der Waals surface area contributed by atoms with Crippen molar-refractivity contribution in [1.29, 1.82) is 0 Å². The van der Waals surface area contributed by atoms with Crippen LogP contribution in [-0.2, 0) is 21.0 Å². The van der Waals surface area contributed by atoms with Gasteiger partial charge in [-0.05, 0) is 18.4 Å². The summed E-state index contributed by atoms with van der Waals surface area (Å²) in [4.78, 5) is 43.6. The fraction of sp³-hybridized carbons (Fsp3) is 0.500. The first-order valence-corrected chi connectivity index (χ1v) is 8.66. The number of piperidine rings is 1. The summed E-state index contributed by atoms with van der Waals surface area (Å²) in [7, 11) is 0. The number of benzene rings is 1. The molecule has 3 amide bonds. The average molecular weight is 345 g/mol. The summed E-state index contributed by atoms with van der Waals surface area (Å²) in [6, 6.07) is 8.81. The van der Waals surface area contributed by atoms with Crippen LogP contribution in [0.15, 0.2) is 30.3 Å². The molecule has 1 aromatic rings. The van der Waals surface area contributed by atoms with Gasteiger partial charge in [-0.15, -0.1) is 0 Å². The summed E-state index contributed by atoms with van der Waals surface area (Å²) in [5.74, 6) is -0.291. The number of hydrogen-bond acceptors (Lipinski definition) is 4. The second kappa shape index (κ2) is 7.65. The zero-order valence-corrected chi connectivity index (χ0v) is 14.3. The number of fused-ring (bicyclic) bond motifs is 2. The monoisotopic (exact) mass is 345 g/mol. The molecule has 2 atom stereocenters. The van der Waals surface area contributed by atoms with E-state index in [1.807, 2.05) is 30.3 Å². The van der Waals surface area contributed by atoms with Crippen molar-refractivity contribution in [2.24, 2.45) is 0 Å². The topological polar surface area (TPSA) is 79.0 Å². The molecule has 2 heterocycles. The third-order valence-electron chi connectivity index (χ3n) is 4.69. The molecule has 1 aromatic carbocycles. The van der Waals surface area contributed by atoms with Crippen molar-refractivity contribution in [3.63, 3.8) is 0 Å². The van der Waals surface area contributed by atoms with E-state index in [1.54, 1.807) is 11.8 Å². The van der Waals surface area contributed by atoms with Crippen LogP contribution in [0.2, 0.25) is 0 Å². The Bertz CT molecular complexity index is 649. The molecule has 7 heteroatoms. The van der Waals surface area contributed by atoms with E-state index in [0.29, 0.717) is 32.4 Å². The van der Waals surface area contributed by atoms with Crippen LogP contribution >= 0.6 is 0 Å². The summed E-state index contributed by atoms with van der Waals surface area (Å²) in [6.07, 6.45) is 1.67. The second-order valence-corrected chi connectivity index (χ2v) is 6.38. The van der Waals surface area contributed by atoms with E-state index < -0.39 is 6.04 Å². The van der Waals surface area contributed by atoms with E-state index in [1.165, 1.54) is 5.06 Å². The van der Waals surface area contributed by atoms with Gasteiger partial charge in [-0.25, -0.2) is 4.79 Å². The molecule has 2 bridgehead atoms. The van der Waals surface area contributed by atoms with Gasteiger partial charge in [0, 0.05) is 13.0 Å². The Kier molecular flexibility index (Phi) is 5.33. The van der Waals surface area contributed by atoms with Crippen molar-refractivity contribution in [3.8, 4) is 0 Å². The van der Waals surface area contributed by atoms with Crippen LogP contribution in [0.25, 0.3) is 0 Å². The molecular weight excluding hydrogens is 322 g/mol. The first-order chi connectivity index (χ1) is 12.1. The van der Waals surface area contributed by atoms with E-state index >= 15 is 0 Å². The molecule has 0 unspecified atom stereocenters. The number of nitrogens with one attached hydrogen (secondary N) is 1.